The second-order valence-corrected chi connectivity index (χ2v) is 8.27. The summed E-state index contributed by atoms with van der Waals surface area (Å²) in [6.45, 7) is 0. The van der Waals surface area contributed by atoms with Crippen LogP contribution in [-0.2, 0) is 8.23 Å². The Kier molecular flexibility index (Phi) is 5.54. The van der Waals surface area contributed by atoms with Crippen LogP contribution in [0.15, 0.2) is 0 Å². The Morgan fingerprint density at radius 3 is 1.00 bits per heavy atom. The van der Waals surface area contributed by atoms with Gasteiger partial charge in [0.05, 0.1) is 0 Å². The first-order valence-corrected chi connectivity index (χ1v) is 6.96. The molecule has 0 fully saturated rings. The first-order valence-electron chi connectivity index (χ1n) is 3.33. The van der Waals surface area contributed by atoms with Crippen molar-refractivity contribution in [3.63, 3.8) is 0 Å². The third-order valence-corrected chi connectivity index (χ3v) is 6.46. The molecular weight excluding hydrogens is 332 g/mol. The van der Waals surface area contributed by atoms with Gasteiger partial charge in [-0.25, -0.2) is 8.78 Å². The van der Waals surface area contributed by atoms with E-state index in [1.807, 2.05) is 0 Å². The normalized spacial score (nSPS) is 14.8. The zero-order valence-electron chi connectivity index (χ0n) is 7.34. The van der Waals surface area contributed by atoms with E-state index in [1.54, 1.807) is 21.0 Å². The summed E-state index contributed by atoms with van der Waals surface area (Å²) in [6, 6.07) is 0. The lowest BCUT2D eigenvalue weighted by molar-refractivity contribution is -0.0888. The summed E-state index contributed by atoms with van der Waals surface area (Å²) in [6.07, 6.45) is 0. The van der Waals surface area contributed by atoms with Gasteiger partial charge < -0.3 is 8.23 Å². The van der Waals surface area contributed by atoms with Gasteiger partial charge in [0.15, 0.2) is 0 Å². The average Bonchev–Trinajstić information content (AvgIpc) is 1.98. The second-order valence-electron chi connectivity index (χ2n) is 2.43. The monoisotopic (exact) mass is 332 g/mol. The van der Waals surface area contributed by atoms with Gasteiger partial charge in [-0.05, 0) is 0 Å². The molecule has 0 rings (SSSR count). The van der Waals surface area contributed by atoms with Crippen LogP contribution in [0.3, 0.4) is 0 Å². The van der Waals surface area contributed by atoms with Crippen LogP contribution in [0.5, 0.6) is 0 Å². The fourth-order valence-corrected chi connectivity index (χ4v) is 5.96. The van der Waals surface area contributed by atoms with E-state index < -0.39 is 34.8 Å². The van der Waals surface area contributed by atoms with Gasteiger partial charge in [0, 0.05) is 0 Å². The van der Waals surface area contributed by atoms with E-state index in [4.69, 9.17) is 0 Å². The van der Waals surface area contributed by atoms with Crippen molar-refractivity contribution < 1.29 is 43.4 Å². The highest BCUT2D eigenvalue weighted by Gasteiger charge is 2.72. The first-order chi connectivity index (χ1) is 7.39. The van der Waals surface area contributed by atoms with Crippen molar-refractivity contribution in [2.45, 2.75) is 16.8 Å². The molecule has 96 valence electrons. The van der Waals surface area contributed by atoms with Crippen molar-refractivity contribution in [1.82, 2.24) is 0 Å². The molecule has 0 saturated heterocycles. The molecule has 0 aliphatic rings. The molecule has 8 radical (unpaired) electrons. The SMILES string of the molecule is FC(F)(F)[Si](O[Si])C(F)(F)[Si](O[Si])C(F)(F)F. The molecular formula is C3F8O2Si4. The predicted molar refractivity (Wildman–Crippen MR) is 42.2 cm³/mol. The maximum atomic E-state index is 13.1. The molecule has 0 aromatic heterocycles. The summed E-state index contributed by atoms with van der Waals surface area (Å²) in [5, 5.41) is -5.19. The van der Waals surface area contributed by atoms with Crippen molar-refractivity contribution in [2.75, 3.05) is 0 Å². The van der Waals surface area contributed by atoms with Crippen LogP contribution in [0, 0.1) is 0 Å². The number of hydrogen-bond acceptors (Lipinski definition) is 2. The number of halogens is 8. The van der Waals surface area contributed by atoms with Crippen LogP contribution < -0.4 is 0 Å². The van der Waals surface area contributed by atoms with Crippen LogP contribution in [0.25, 0.3) is 0 Å². The number of hydrogen-bond donors (Lipinski definition) is 0. The lowest BCUT2D eigenvalue weighted by Gasteiger charge is -2.29. The van der Waals surface area contributed by atoms with Crippen molar-refractivity contribution in [1.29, 1.82) is 0 Å². The van der Waals surface area contributed by atoms with Gasteiger partial charge in [0.2, 0.25) is 21.0 Å². The Hall–Kier alpha value is 0.228. The lowest BCUT2D eigenvalue weighted by atomic mass is 11.5. The molecule has 14 heteroatoms. The highest BCUT2D eigenvalue weighted by atomic mass is 28.4. The summed E-state index contributed by atoms with van der Waals surface area (Å²) in [5.41, 5.74) is 0. The standard InChI is InChI=1S/C3F8O2Si4/c4-1(5,6)16(12-14)3(10,11)17(13-15)2(7,8)9. The van der Waals surface area contributed by atoms with Gasteiger partial charge in [0.1, 0.15) is 0 Å². The molecule has 2 nitrogen and oxygen atoms in total. The summed E-state index contributed by atoms with van der Waals surface area (Å²) >= 11 is 0. The third-order valence-electron chi connectivity index (χ3n) is 1.29. The smallest absolute Gasteiger partial charge is 0.410 e. The maximum absolute atomic E-state index is 13.1. The van der Waals surface area contributed by atoms with Crippen molar-refractivity contribution in [2.24, 2.45) is 0 Å². The van der Waals surface area contributed by atoms with Gasteiger partial charge in [-0.15, -0.1) is 0 Å². The minimum atomic E-state index is -5.60. The number of rotatable bonds is 4. The maximum Gasteiger partial charge on any atom is 0.410 e. The Morgan fingerprint density at radius 2 is 0.882 bits per heavy atom. The van der Waals surface area contributed by atoms with Crippen LogP contribution in [0.2, 0.25) is 0 Å². The highest BCUT2D eigenvalue weighted by Crippen LogP contribution is 2.38. The summed E-state index contributed by atoms with van der Waals surface area (Å²) in [7, 11) is -6.79. The van der Waals surface area contributed by atoms with E-state index >= 15 is 0 Å². The van der Waals surface area contributed by atoms with Gasteiger partial charge >= 0.3 is 29.7 Å². The molecule has 0 aliphatic heterocycles. The molecule has 0 amide bonds. The highest BCUT2D eigenvalue weighted by molar-refractivity contribution is 6.79. The van der Waals surface area contributed by atoms with Crippen LogP contribution in [-0.4, -0.2) is 55.8 Å². The van der Waals surface area contributed by atoms with Gasteiger partial charge in [-0.1, -0.05) is 0 Å². The molecule has 0 unspecified atom stereocenters. The zero-order valence-corrected chi connectivity index (χ0v) is 11.3. The van der Waals surface area contributed by atoms with E-state index in [0.29, 0.717) is 0 Å². The summed E-state index contributed by atoms with van der Waals surface area (Å²) in [4.78, 5) is 0. The molecule has 0 aromatic rings. The molecule has 0 heterocycles. The Morgan fingerprint density at radius 1 is 0.647 bits per heavy atom. The topological polar surface area (TPSA) is 18.5 Å². The molecule has 0 bridgehead atoms. The summed E-state index contributed by atoms with van der Waals surface area (Å²) < 4.78 is 105. The first kappa shape index (κ1) is 17.2. The minimum absolute atomic E-state index is 1.73. The number of alkyl halides is 8. The molecule has 0 atom stereocenters. The largest absolute Gasteiger partial charge is 0.447 e. The van der Waals surface area contributed by atoms with Crippen molar-refractivity contribution >= 4 is 39.1 Å². The minimum Gasteiger partial charge on any atom is -0.447 e. The van der Waals surface area contributed by atoms with E-state index in [1.165, 1.54) is 0 Å². The molecule has 17 heavy (non-hydrogen) atoms. The van der Waals surface area contributed by atoms with E-state index in [9.17, 15) is 35.1 Å². The fraction of sp³-hybridized carbons (Fsp3) is 1.00. The lowest BCUT2D eigenvalue weighted by Crippen LogP contribution is -2.65. The average molecular weight is 332 g/mol. The molecule has 0 N–H and O–H groups in total. The Balaban J connectivity index is 5.34. The quantitative estimate of drug-likeness (QED) is 0.567. The predicted octanol–water partition coefficient (Wildman–Crippen LogP) is 1.09. The van der Waals surface area contributed by atoms with Crippen LogP contribution in [0.1, 0.15) is 0 Å². The van der Waals surface area contributed by atoms with Gasteiger partial charge in [-0.2, -0.15) is 26.3 Å². The second kappa shape index (κ2) is 5.47. The third kappa shape index (κ3) is 4.12. The van der Waals surface area contributed by atoms with Crippen molar-refractivity contribution in [3.05, 3.63) is 0 Å². The Bertz CT molecular complexity index is 228. The van der Waals surface area contributed by atoms with Crippen LogP contribution in [0.4, 0.5) is 35.1 Å². The van der Waals surface area contributed by atoms with E-state index in [0.717, 1.165) is 0 Å². The molecule has 0 saturated carbocycles. The zero-order chi connectivity index (χ0) is 14.1. The molecule has 0 aromatic carbocycles. The Labute approximate surface area is 99.8 Å². The van der Waals surface area contributed by atoms with E-state index in [2.05, 4.69) is 8.23 Å². The van der Waals surface area contributed by atoms with Crippen LogP contribution >= 0.6 is 0 Å². The van der Waals surface area contributed by atoms with E-state index in [-0.39, 0.29) is 0 Å². The fourth-order valence-electron chi connectivity index (χ4n) is 0.703. The molecule has 0 spiro atoms. The van der Waals surface area contributed by atoms with Crippen molar-refractivity contribution in [3.8, 4) is 0 Å². The summed E-state index contributed by atoms with van der Waals surface area (Å²) in [5.74, 6) is -11.2. The van der Waals surface area contributed by atoms with Gasteiger partial charge in [0.25, 0.3) is 5.17 Å². The molecule has 0 aliphatic carbocycles. The van der Waals surface area contributed by atoms with Gasteiger partial charge in [-0.3, -0.25) is 0 Å².